The molecule has 0 saturated heterocycles. The van der Waals surface area contributed by atoms with Crippen LogP contribution in [0.3, 0.4) is 0 Å². The molecule has 0 fully saturated rings. The van der Waals surface area contributed by atoms with Crippen molar-refractivity contribution in [2.24, 2.45) is 0 Å². The van der Waals surface area contributed by atoms with Crippen LogP contribution in [0.4, 0.5) is 4.39 Å². The first kappa shape index (κ1) is 15.8. The summed E-state index contributed by atoms with van der Waals surface area (Å²) in [7, 11) is 3.00. The molecule has 22 heavy (non-hydrogen) atoms. The Morgan fingerprint density at radius 3 is 2.59 bits per heavy atom. The third-order valence-corrected chi connectivity index (χ3v) is 3.30. The predicted molar refractivity (Wildman–Crippen MR) is 79.5 cm³/mol. The quantitative estimate of drug-likeness (QED) is 0.864. The third kappa shape index (κ3) is 3.33. The SMILES string of the molecule is COc1ccc(CN(C)C(=O)c2cc(C(C)=O)c[nH]2)cc1F. The lowest BCUT2D eigenvalue weighted by Gasteiger charge is -2.16. The van der Waals surface area contributed by atoms with Crippen molar-refractivity contribution in [1.29, 1.82) is 0 Å². The van der Waals surface area contributed by atoms with Crippen LogP contribution in [-0.4, -0.2) is 35.7 Å². The fourth-order valence-electron chi connectivity index (χ4n) is 2.08. The fraction of sp³-hybridized carbons (Fsp3) is 0.250. The van der Waals surface area contributed by atoms with Crippen LogP contribution in [0.2, 0.25) is 0 Å². The van der Waals surface area contributed by atoms with Crippen molar-refractivity contribution in [3.8, 4) is 5.75 Å². The number of methoxy groups -OCH3 is 1. The molecule has 1 heterocycles. The number of nitrogens with one attached hydrogen (secondary N) is 1. The molecule has 2 aromatic rings. The number of benzene rings is 1. The van der Waals surface area contributed by atoms with Gasteiger partial charge in [-0.25, -0.2) is 4.39 Å². The van der Waals surface area contributed by atoms with Gasteiger partial charge in [-0.2, -0.15) is 0 Å². The molecule has 116 valence electrons. The van der Waals surface area contributed by atoms with E-state index in [1.807, 2.05) is 0 Å². The normalized spacial score (nSPS) is 10.4. The Kier molecular flexibility index (Phi) is 4.60. The number of halogens is 1. The first-order chi connectivity index (χ1) is 10.4. The first-order valence-electron chi connectivity index (χ1n) is 6.69. The van der Waals surface area contributed by atoms with E-state index in [0.29, 0.717) is 16.8 Å². The van der Waals surface area contributed by atoms with E-state index in [-0.39, 0.29) is 24.0 Å². The van der Waals surface area contributed by atoms with Crippen molar-refractivity contribution in [2.75, 3.05) is 14.2 Å². The molecular weight excluding hydrogens is 287 g/mol. The van der Waals surface area contributed by atoms with Crippen LogP contribution in [0.1, 0.15) is 33.3 Å². The van der Waals surface area contributed by atoms with E-state index in [4.69, 9.17) is 4.74 Å². The molecule has 1 N–H and O–H groups in total. The minimum atomic E-state index is -0.473. The van der Waals surface area contributed by atoms with E-state index in [1.165, 1.54) is 43.3 Å². The number of carbonyl (C=O) groups is 2. The standard InChI is InChI=1S/C16H17FN2O3/c1-10(20)12-7-14(18-8-12)16(21)19(2)9-11-4-5-15(22-3)13(17)6-11/h4-8,18H,9H2,1-3H3. The molecule has 5 nitrogen and oxygen atoms in total. The zero-order chi connectivity index (χ0) is 16.3. The maximum atomic E-state index is 13.6. The van der Waals surface area contributed by atoms with E-state index in [2.05, 4.69) is 4.98 Å². The van der Waals surface area contributed by atoms with E-state index >= 15 is 0 Å². The summed E-state index contributed by atoms with van der Waals surface area (Å²) in [6, 6.07) is 6.06. The molecule has 1 aromatic heterocycles. The average Bonchev–Trinajstić information content (AvgIpc) is 2.96. The van der Waals surface area contributed by atoms with Crippen LogP contribution >= 0.6 is 0 Å². The van der Waals surface area contributed by atoms with Gasteiger partial charge in [0.05, 0.1) is 7.11 Å². The largest absolute Gasteiger partial charge is 0.494 e. The van der Waals surface area contributed by atoms with Gasteiger partial charge in [0.25, 0.3) is 5.91 Å². The second kappa shape index (κ2) is 6.43. The van der Waals surface area contributed by atoms with Crippen LogP contribution in [0.15, 0.2) is 30.5 Å². The van der Waals surface area contributed by atoms with Crippen LogP contribution in [0.5, 0.6) is 5.75 Å². The molecule has 0 saturated carbocycles. The molecule has 0 aliphatic rings. The molecule has 0 atom stereocenters. The molecule has 0 aliphatic carbocycles. The number of nitrogens with zero attached hydrogens (tertiary/aromatic N) is 1. The van der Waals surface area contributed by atoms with Gasteiger partial charge in [0.15, 0.2) is 17.3 Å². The Balaban J connectivity index is 2.10. The van der Waals surface area contributed by atoms with Crippen LogP contribution < -0.4 is 4.74 Å². The number of hydrogen-bond donors (Lipinski definition) is 1. The summed E-state index contributed by atoms with van der Waals surface area (Å²) < 4.78 is 18.5. The number of amides is 1. The molecule has 0 radical (unpaired) electrons. The van der Waals surface area contributed by atoms with Gasteiger partial charge >= 0.3 is 0 Å². The fourth-order valence-corrected chi connectivity index (χ4v) is 2.08. The van der Waals surface area contributed by atoms with Crippen molar-refractivity contribution in [3.05, 3.63) is 53.1 Å². The molecule has 1 aromatic carbocycles. The van der Waals surface area contributed by atoms with E-state index in [0.717, 1.165) is 0 Å². The Labute approximate surface area is 127 Å². The topological polar surface area (TPSA) is 62.4 Å². The van der Waals surface area contributed by atoms with Gasteiger partial charge in [-0.1, -0.05) is 6.07 Å². The number of aromatic nitrogens is 1. The highest BCUT2D eigenvalue weighted by molar-refractivity contribution is 5.98. The van der Waals surface area contributed by atoms with E-state index < -0.39 is 5.82 Å². The van der Waals surface area contributed by atoms with Crippen molar-refractivity contribution in [3.63, 3.8) is 0 Å². The zero-order valence-corrected chi connectivity index (χ0v) is 12.6. The molecule has 2 rings (SSSR count). The number of carbonyl (C=O) groups excluding carboxylic acids is 2. The van der Waals surface area contributed by atoms with E-state index in [9.17, 15) is 14.0 Å². The predicted octanol–water partition coefficient (Wildman–Crippen LogP) is 2.64. The van der Waals surface area contributed by atoms with Gasteiger partial charge in [0, 0.05) is 25.4 Å². The second-order valence-corrected chi connectivity index (χ2v) is 4.99. The summed E-state index contributed by atoms with van der Waals surface area (Å²) in [6.45, 7) is 1.68. The van der Waals surface area contributed by atoms with Gasteiger partial charge in [-0.15, -0.1) is 0 Å². The number of Topliss-reactive ketones (excluding diaryl/α,β-unsaturated/α-hetero) is 1. The summed E-state index contributed by atoms with van der Waals surface area (Å²) >= 11 is 0. The van der Waals surface area contributed by atoms with E-state index in [1.54, 1.807) is 13.1 Å². The Bertz CT molecular complexity index is 709. The first-order valence-corrected chi connectivity index (χ1v) is 6.69. The molecule has 1 amide bonds. The van der Waals surface area contributed by atoms with Crippen molar-refractivity contribution in [2.45, 2.75) is 13.5 Å². The molecule has 0 aliphatic heterocycles. The number of rotatable bonds is 5. The number of H-pyrrole nitrogens is 1. The Morgan fingerprint density at radius 2 is 2.05 bits per heavy atom. The summed E-state index contributed by atoms with van der Waals surface area (Å²) in [5.74, 6) is -0.702. The summed E-state index contributed by atoms with van der Waals surface area (Å²) in [5.41, 5.74) is 1.42. The van der Waals surface area contributed by atoms with Gasteiger partial charge in [-0.05, 0) is 30.7 Å². The van der Waals surface area contributed by atoms with Crippen molar-refractivity contribution >= 4 is 11.7 Å². The Morgan fingerprint density at radius 1 is 1.32 bits per heavy atom. The number of aromatic amines is 1. The molecule has 6 heteroatoms. The smallest absolute Gasteiger partial charge is 0.270 e. The van der Waals surface area contributed by atoms with Crippen LogP contribution in [-0.2, 0) is 6.54 Å². The minimum Gasteiger partial charge on any atom is -0.494 e. The Hall–Kier alpha value is -2.63. The zero-order valence-electron chi connectivity index (χ0n) is 12.6. The maximum Gasteiger partial charge on any atom is 0.270 e. The van der Waals surface area contributed by atoms with Gasteiger partial charge in [0.1, 0.15) is 5.69 Å². The lowest BCUT2D eigenvalue weighted by Crippen LogP contribution is -2.26. The third-order valence-electron chi connectivity index (χ3n) is 3.30. The molecular formula is C16H17FN2O3. The highest BCUT2D eigenvalue weighted by atomic mass is 19.1. The summed E-state index contributed by atoms with van der Waals surface area (Å²) in [4.78, 5) is 27.7. The number of ketones is 1. The molecule has 0 unspecified atom stereocenters. The number of ether oxygens (including phenoxy) is 1. The lowest BCUT2D eigenvalue weighted by molar-refractivity contribution is 0.0780. The molecule has 0 bridgehead atoms. The van der Waals surface area contributed by atoms with Crippen LogP contribution in [0, 0.1) is 5.82 Å². The minimum absolute atomic E-state index is 0.116. The van der Waals surface area contributed by atoms with Crippen molar-refractivity contribution in [1.82, 2.24) is 9.88 Å². The van der Waals surface area contributed by atoms with Gasteiger partial charge in [-0.3, -0.25) is 9.59 Å². The van der Waals surface area contributed by atoms with Gasteiger partial charge < -0.3 is 14.6 Å². The van der Waals surface area contributed by atoms with Gasteiger partial charge in [0.2, 0.25) is 0 Å². The molecule has 0 spiro atoms. The lowest BCUT2D eigenvalue weighted by atomic mass is 10.2. The average molecular weight is 304 g/mol. The monoisotopic (exact) mass is 304 g/mol. The second-order valence-electron chi connectivity index (χ2n) is 4.99. The van der Waals surface area contributed by atoms with Crippen LogP contribution in [0.25, 0.3) is 0 Å². The summed E-state index contributed by atoms with van der Waals surface area (Å²) in [6.07, 6.45) is 1.50. The highest BCUT2D eigenvalue weighted by Gasteiger charge is 2.16. The van der Waals surface area contributed by atoms with Crippen molar-refractivity contribution < 1.29 is 18.7 Å². The highest BCUT2D eigenvalue weighted by Crippen LogP contribution is 2.19. The number of hydrogen-bond acceptors (Lipinski definition) is 3. The summed E-state index contributed by atoms with van der Waals surface area (Å²) in [5, 5.41) is 0. The maximum absolute atomic E-state index is 13.6.